The van der Waals surface area contributed by atoms with E-state index in [-0.39, 0.29) is 16.7 Å². The second-order valence-corrected chi connectivity index (χ2v) is 7.61. The summed E-state index contributed by atoms with van der Waals surface area (Å²) in [5.41, 5.74) is 1.61. The average molecular weight is 359 g/mol. The van der Waals surface area contributed by atoms with Gasteiger partial charge in [-0.2, -0.15) is 8.42 Å². The maximum Gasteiger partial charge on any atom is 0.295 e. The molecule has 1 aliphatic carbocycles. The Morgan fingerprint density at radius 1 is 1.08 bits per heavy atom. The molecule has 0 unspecified atom stereocenters. The predicted octanol–water partition coefficient (Wildman–Crippen LogP) is 3.57. The number of aryl methyl sites for hydroxylation is 1. The molecule has 0 aliphatic heterocycles. The van der Waals surface area contributed by atoms with Gasteiger partial charge in [-0.15, -0.1) is 10.2 Å². The van der Waals surface area contributed by atoms with Gasteiger partial charge in [0, 0.05) is 11.6 Å². The molecule has 0 amide bonds. The largest absolute Gasteiger partial charge is 0.438 e. The summed E-state index contributed by atoms with van der Waals surface area (Å²) in [5, 5.41) is 7.69. The van der Waals surface area contributed by atoms with Crippen LogP contribution in [0.4, 0.5) is 5.69 Å². The molecule has 1 saturated carbocycles. The monoisotopic (exact) mass is 359 g/mol. The van der Waals surface area contributed by atoms with Crippen molar-refractivity contribution in [1.82, 2.24) is 10.2 Å². The van der Waals surface area contributed by atoms with Gasteiger partial charge in [0.1, 0.15) is 0 Å². The number of anilines is 1. The maximum atomic E-state index is 12.5. The van der Waals surface area contributed by atoms with Crippen LogP contribution in [0.25, 0.3) is 11.7 Å². The van der Waals surface area contributed by atoms with E-state index >= 15 is 0 Å². The molecular formula is C17H17N3O4S. The fraction of sp³-hybridized carbons (Fsp3) is 0.294. The summed E-state index contributed by atoms with van der Waals surface area (Å²) in [6.07, 6.45) is 2.97. The fourth-order valence-corrected chi connectivity index (χ4v) is 3.42. The van der Waals surface area contributed by atoms with E-state index < -0.39 is 10.0 Å². The fourth-order valence-electron chi connectivity index (χ4n) is 2.42. The lowest BCUT2D eigenvalue weighted by molar-refractivity contribution is 0.435. The van der Waals surface area contributed by atoms with E-state index in [2.05, 4.69) is 14.9 Å². The molecule has 1 fully saturated rings. The molecule has 0 bridgehead atoms. The van der Waals surface area contributed by atoms with E-state index in [1.807, 2.05) is 19.1 Å². The minimum Gasteiger partial charge on any atom is -0.438 e. The molecular weight excluding hydrogens is 342 g/mol. The van der Waals surface area contributed by atoms with Crippen molar-refractivity contribution in [2.24, 2.45) is 0 Å². The molecule has 4 rings (SSSR count). The predicted molar refractivity (Wildman–Crippen MR) is 90.6 cm³/mol. The lowest BCUT2D eigenvalue weighted by Gasteiger charge is -2.06. The van der Waals surface area contributed by atoms with Crippen molar-refractivity contribution in [3.63, 3.8) is 0 Å². The second-order valence-electron chi connectivity index (χ2n) is 5.99. The van der Waals surface area contributed by atoms with E-state index in [0.29, 0.717) is 17.5 Å². The van der Waals surface area contributed by atoms with Gasteiger partial charge in [-0.3, -0.25) is 4.72 Å². The Morgan fingerprint density at radius 2 is 1.84 bits per heavy atom. The van der Waals surface area contributed by atoms with Gasteiger partial charge in [-0.25, -0.2) is 0 Å². The Balaban J connectivity index is 1.54. The summed E-state index contributed by atoms with van der Waals surface area (Å²) >= 11 is 0. The van der Waals surface area contributed by atoms with Crippen molar-refractivity contribution < 1.29 is 17.3 Å². The van der Waals surface area contributed by atoms with Crippen molar-refractivity contribution in [2.75, 3.05) is 4.72 Å². The maximum absolute atomic E-state index is 12.5. The Labute approximate surface area is 145 Å². The van der Waals surface area contributed by atoms with Gasteiger partial charge >= 0.3 is 0 Å². The Morgan fingerprint density at radius 3 is 2.52 bits per heavy atom. The third-order valence-electron chi connectivity index (χ3n) is 4.04. The average Bonchev–Trinajstić information content (AvgIpc) is 3.12. The summed E-state index contributed by atoms with van der Waals surface area (Å²) < 4.78 is 38.4. The van der Waals surface area contributed by atoms with Crippen LogP contribution in [0.15, 0.2) is 50.3 Å². The first-order chi connectivity index (χ1) is 12.0. The molecule has 2 heterocycles. The van der Waals surface area contributed by atoms with Gasteiger partial charge in [0.05, 0.1) is 0 Å². The van der Waals surface area contributed by atoms with Crippen molar-refractivity contribution in [2.45, 2.75) is 37.2 Å². The number of rotatable bonds is 6. The molecule has 2 aromatic heterocycles. The summed E-state index contributed by atoms with van der Waals surface area (Å²) in [5.74, 6) is 1.33. The summed E-state index contributed by atoms with van der Waals surface area (Å²) in [6, 6.07) is 10.1. The lowest BCUT2D eigenvalue weighted by atomic mass is 10.2. The molecule has 130 valence electrons. The SMILES string of the molecule is CCc1ccc(NS(=O)(=O)c2ccc(-c3nnc(C4CC4)o3)o2)cc1. The molecule has 25 heavy (non-hydrogen) atoms. The third kappa shape index (κ3) is 3.30. The summed E-state index contributed by atoms with van der Waals surface area (Å²) in [4.78, 5) is 0. The van der Waals surface area contributed by atoms with Crippen LogP contribution in [0.5, 0.6) is 0 Å². The van der Waals surface area contributed by atoms with Gasteiger partial charge in [-0.05, 0) is 49.1 Å². The molecule has 1 aliphatic rings. The number of nitrogens with zero attached hydrogens (tertiary/aromatic N) is 2. The Hall–Kier alpha value is -2.61. The van der Waals surface area contributed by atoms with Crippen LogP contribution in [-0.4, -0.2) is 18.6 Å². The van der Waals surface area contributed by atoms with Crippen LogP contribution in [0.3, 0.4) is 0 Å². The van der Waals surface area contributed by atoms with E-state index in [9.17, 15) is 8.42 Å². The molecule has 3 aromatic rings. The van der Waals surface area contributed by atoms with Gasteiger partial charge < -0.3 is 8.83 Å². The topological polar surface area (TPSA) is 98.2 Å². The minimum absolute atomic E-state index is 0.190. The van der Waals surface area contributed by atoms with Crippen LogP contribution in [0.2, 0.25) is 0 Å². The van der Waals surface area contributed by atoms with E-state index in [1.54, 1.807) is 12.1 Å². The standard InChI is InChI=1S/C17H17N3O4S/c1-2-11-3-7-13(8-4-11)20-25(21,22)15-10-9-14(23-15)17-19-18-16(24-17)12-5-6-12/h3-4,7-10,12,20H,2,5-6H2,1H3. The van der Waals surface area contributed by atoms with Crippen LogP contribution in [-0.2, 0) is 16.4 Å². The first-order valence-electron chi connectivity index (χ1n) is 8.10. The molecule has 0 atom stereocenters. The molecule has 8 heteroatoms. The van der Waals surface area contributed by atoms with Crippen LogP contribution in [0, 0.1) is 0 Å². The number of sulfonamides is 1. The zero-order valence-corrected chi connectivity index (χ0v) is 14.4. The van der Waals surface area contributed by atoms with Gasteiger partial charge in [0.2, 0.25) is 11.0 Å². The highest BCUT2D eigenvalue weighted by Gasteiger charge is 2.30. The first-order valence-corrected chi connectivity index (χ1v) is 9.59. The van der Waals surface area contributed by atoms with Crippen LogP contribution < -0.4 is 4.72 Å². The summed E-state index contributed by atoms with van der Waals surface area (Å²) in [6.45, 7) is 2.04. The van der Waals surface area contributed by atoms with E-state index in [1.165, 1.54) is 12.1 Å². The highest BCUT2D eigenvalue weighted by molar-refractivity contribution is 7.92. The number of hydrogen-bond donors (Lipinski definition) is 1. The highest BCUT2D eigenvalue weighted by atomic mass is 32.2. The van der Waals surface area contributed by atoms with E-state index in [4.69, 9.17) is 8.83 Å². The van der Waals surface area contributed by atoms with Crippen molar-refractivity contribution in [3.8, 4) is 11.7 Å². The van der Waals surface area contributed by atoms with Crippen molar-refractivity contribution in [3.05, 3.63) is 47.9 Å². The normalized spacial score (nSPS) is 14.6. The lowest BCUT2D eigenvalue weighted by Crippen LogP contribution is -2.12. The highest BCUT2D eigenvalue weighted by Crippen LogP contribution is 2.40. The zero-order chi connectivity index (χ0) is 17.4. The molecule has 7 nitrogen and oxygen atoms in total. The summed E-state index contributed by atoms with van der Waals surface area (Å²) in [7, 11) is -3.82. The molecule has 0 spiro atoms. The molecule has 1 aromatic carbocycles. The zero-order valence-electron chi connectivity index (χ0n) is 13.6. The van der Waals surface area contributed by atoms with Gasteiger partial charge in [0.25, 0.3) is 15.9 Å². The van der Waals surface area contributed by atoms with Gasteiger partial charge in [-0.1, -0.05) is 19.1 Å². The molecule has 1 N–H and O–H groups in total. The number of furan rings is 1. The van der Waals surface area contributed by atoms with Crippen molar-refractivity contribution >= 4 is 15.7 Å². The molecule has 0 radical (unpaired) electrons. The Kier molecular flexibility index (Phi) is 3.84. The first kappa shape index (κ1) is 15.9. The van der Waals surface area contributed by atoms with E-state index in [0.717, 1.165) is 24.8 Å². The number of aromatic nitrogens is 2. The smallest absolute Gasteiger partial charge is 0.295 e. The second kappa shape index (κ2) is 6.03. The third-order valence-corrected chi connectivity index (χ3v) is 5.29. The number of benzene rings is 1. The van der Waals surface area contributed by atoms with Gasteiger partial charge in [0.15, 0.2) is 5.76 Å². The van der Waals surface area contributed by atoms with Crippen LogP contribution in [0.1, 0.15) is 37.1 Å². The quantitative estimate of drug-likeness (QED) is 0.722. The number of hydrogen-bond acceptors (Lipinski definition) is 6. The van der Waals surface area contributed by atoms with Crippen molar-refractivity contribution in [1.29, 1.82) is 0 Å². The number of nitrogens with one attached hydrogen (secondary N) is 1. The van der Waals surface area contributed by atoms with Crippen LogP contribution >= 0.6 is 0 Å². The Bertz CT molecular complexity index is 985. The molecule has 0 saturated heterocycles. The minimum atomic E-state index is -3.82.